The highest BCUT2D eigenvalue weighted by molar-refractivity contribution is 6.32. The molecule has 1 unspecified atom stereocenters. The Bertz CT molecular complexity index is 499. The summed E-state index contributed by atoms with van der Waals surface area (Å²) in [6, 6.07) is 0. The molecule has 19 heavy (non-hydrogen) atoms. The normalized spacial score (nSPS) is 21.8. The maximum absolute atomic E-state index is 13.1. The highest BCUT2D eigenvalue weighted by Gasteiger charge is 2.42. The fraction of sp³-hybridized carbons (Fsp3) is 0.692. The molecule has 1 saturated carbocycles. The summed E-state index contributed by atoms with van der Waals surface area (Å²) >= 11 is 6.12. The lowest BCUT2D eigenvalue weighted by molar-refractivity contribution is -0.123. The number of hydrogen-bond donors (Lipinski definition) is 0. The van der Waals surface area contributed by atoms with Crippen LogP contribution in [0.3, 0.4) is 0 Å². The van der Waals surface area contributed by atoms with Crippen LogP contribution in [-0.2, 0) is 17.8 Å². The van der Waals surface area contributed by atoms with Crippen LogP contribution in [0.25, 0.3) is 0 Å². The van der Waals surface area contributed by atoms with E-state index in [9.17, 15) is 13.6 Å². The van der Waals surface area contributed by atoms with Gasteiger partial charge in [-0.05, 0) is 20.3 Å². The SMILES string of the molecule is CCn1nc(C)c(Cl)c1CC(=O)C1CCC(F)(F)C1. The van der Waals surface area contributed by atoms with Crippen LogP contribution in [0, 0.1) is 12.8 Å². The lowest BCUT2D eigenvalue weighted by atomic mass is 9.98. The van der Waals surface area contributed by atoms with E-state index >= 15 is 0 Å². The smallest absolute Gasteiger partial charge is 0.248 e. The Morgan fingerprint density at radius 1 is 1.58 bits per heavy atom. The second-order valence-electron chi connectivity index (χ2n) is 5.10. The molecule has 106 valence electrons. The van der Waals surface area contributed by atoms with Crippen molar-refractivity contribution in [2.24, 2.45) is 5.92 Å². The van der Waals surface area contributed by atoms with Crippen LogP contribution in [-0.4, -0.2) is 21.5 Å². The molecule has 1 aliphatic carbocycles. The average molecular weight is 291 g/mol. The van der Waals surface area contributed by atoms with Gasteiger partial charge in [0.15, 0.2) is 0 Å². The molecular formula is C13H17ClF2N2O. The van der Waals surface area contributed by atoms with Gasteiger partial charge in [-0.15, -0.1) is 0 Å². The molecule has 0 aromatic carbocycles. The number of ketones is 1. The summed E-state index contributed by atoms with van der Waals surface area (Å²) in [7, 11) is 0. The van der Waals surface area contributed by atoms with Crippen LogP contribution in [0.2, 0.25) is 5.02 Å². The first-order chi connectivity index (χ1) is 8.84. The molecule has 0 saturated heterocycles. The summed E-state index contributed by atoms with van der Waals surface area (Å²) in [5.41, 5.74) is 1.31. The first-order valence-corrected chi connectivity index (χ1v) is 6.84. The molecule has 1 heterocycles. The molecule has 1 fully saturated rings. The van der Waals surface area contributed by atoms with Crippen molar-refractivity contribution in [3.63, 3.8) is 0 Å². The Morgan fingerprint density at radius 3 is 2.79 bits per heavy atom. The van der Waals surface area contributed by atoms with Crippen LogP contribution in [0.5, 0.6) is 0 Å². The molecule has 3 nitrogen and oxygen atoms in total. The van der Waals surface area contributed by atoms with Gasteiger partial charge < -0.3 is 0 Å². The van der Waals surface area contributed by atoms with Gasteiger partial charge in [-0.3, -0.25) is 9.48 Å². The van der Waals surface area contributed by atoms with Gasteiger partial charge in [0.2, 0.25) is 5.92 Å². The largest absolute Gasteiger partial charge is 0.299 e. The summed E-state index contributed by atoms with van der Waals surface area (Å²) < 4.78 is 27.9. The Kier molecular flexibility index (Phi) is 3.95. The molecular weight excluding hydrogens is 274 g/mol. The van der Waals surface area contributed by atoms with E-state index < -0.39 is 11.8 Å². The molecule has 2 rings (SSSR count). The minimum Gasteiger partial charge on any atom is -0.299 e. The molecule has 1 aromatic heterocycles. The Morgan fingerprint density at radius 2 is 2.26 bits per heavy atom. The third-order valence-electron chi connectivity index (χ3n) is 3.65. The van der Waals surface area contributed by atoms with Crippen molar-refractivity contribution in [2.45, 2.75) is 52.0 Å². The summed E-state index contributed by atoms with van der Waals surface area (Å²) in [5.74, 6) is -3.40. The van der Waals surface area contributed by atoms with E-state index in [2.05, 4.69) is 5.10 Å². The Labute approximate surface area is 115 Å². The predicted octanol–water partition coefficient (Wildman–Crippen LogP) is 3.41. The Balaban J connectivity index is 2.11. The second-order valence-corrected chi connectivity index (χ2v) is 5.48. The molecule has 0 spiro atoms. The zero-order valence-electron chi connectivity index (χ0n) is 11.0. The average Bonchev–Trinajstić information content (AvgIpc) is 2.83. The van der Waals surface area contributed by atoms with Crippen molar-refractivity contribution in [3.05, 3.63) is 16.4 Å². The number of aromatic nitrogens is 2. The second kappa shape index (κ2) is 5.19. The number of alkyl halides is 2. The van der Waals surface area contributed by atoms with Gasteiger partial charge in [-0.25, -0.2) is 8.78 Å². The van der Waals surface area contributed by atoms with Gasteiger partial charge in [0.25, 0.3) is 0 Å². The van der Waals surface area contributed by atoms with E-state index in [0.29, 0.717) is 23.0 Å². The van der Waals surface area contributed by atoms with Crippen molar-refractivity contribution in [1.82, 2.24) is 9.78 Å². The van der Waals surface area contributed by atoms with E-state index in [0.717, 1.165) is 0 Å². The fourth-order valence-electron chi connectivity index (χ4n) is 2.57. The predicted molar refractivity (Wildman–Crippen MR) is 68.6 cm³/mol. The molecule has 0 amide bonds. The summed E-state index contributed by atoms with van der Waals surface area (Å²) in [4.78, 5) is 12.1. The highest BCUT2D eigenvalue weighted by Crippen LogP contribution is 2.39. The zero-order valence-corrected chi connectivity index (χ0v) is 11.8. The minimum absolute atomic E-state index is 0.0915. The summed E-state index contributed by atoms with van der Waals surface area (Å²) in [5, 5.41) is 4.69. The third-order valence-corrected chi connectivity index (χ3v) is 4.15. The van der Waals surface area contributed by atoms with Gasteiger partial charge in [0.05, 0.1) is 22.8 Å². The number of carbonyl (C=O) groups excluding carboxylic acids is 1. The van der Waals surface area contributed by atoms with E-state index in [1.807, 2.05) is 6.92 Å². The molecule has 0 bridgehead atoms. The summed E-state index contributed by atoms with van der Waals surface area (Å²) in [6.45, 7) is 4.28. The molecule has 0 N–H and O–H groups in total. The molecule has 1 aromatic rings. The molecule has 0 aliphatic heterocycles. The number of halogens is 3. The fourth-order valence-corrected chi connectivity index (χ4v) is 2.77. The minimum atomic E-state index is -2.69. The third kappa shape index (κ3) is 2.96. The van der Waals surface area contributed by atoms with Crippen molar-refractivity contribution in [2.75, 3.05) is 0 Å². The molecule has 1 aliphatic rings. The topological polar surface area (TPSA) is 34.9 Å². The van der Waals surface area contributed by atoms with Gasteiger partial charge in [-0.1, -0.05) is 11.6 Å². The van der Waals surface area contributed by atoms with Gasteiger partial charge in [0, 0.05) is 25.3 Å². The first kappa shape index (κ1) is 14.4. The van der Waals surface area contributed by atoms with Crippen molar-refractivity contribution in [3.8, 4) is 0 Å². The quantitative estimate of drug-likeness (QED) is 0.852. The van der Waals surface area contributed by atoms with Gasteiger partial charge in [0.1, 0.15) is 5.78 Å². The zero-order chi connectivity index (χ0) is 14.2. The number of Topliss-reactive ketones (excluding diaryl/α,β-unsaturated/α-hetero) is 1. The number of rotatable bonds is 4. The Hall–Kier alpha value is -0.970. The monoisotopic (exact) mass is 290 g/mol. The molecule has 0 radical (unpaired) electrons. The van der Waals surface area contributed by atoms with Crippen LogP contribution in [0.1, 0.15) is 37.6 Å². The number of aryl methyl sites for hydroxylation is 2. The standard InChI is InChI=1S/C13H17ClF2N2O/c1-3-18-10(12(14)8(2)17-18)6-11(19)9-4-5-13(15,16)7-9/h9H,3-7H2,1-2H3. The maximum Gasteiger partial charge on any atom is 0.248 e. The highest BCUT2D eigenvalue weighted by atomic mass is 35.5. The van der Waals surface area contributed by atoms with E-state index in [4.69, 9.17) is 11.6 Å². The summed E-state index contributed by atoms with van der Waals surface area (Å²) in [6.07, 6.45) is -0.164. The maximum atomic E-state index is 13.1. The van der Waals surface area contributed by atoms with E-state index in [-0.39, 0.29) is 31.5 Å². The van der Waals surface area contributed by atoms with Gasteiger partial charge >= 0.3 is 0 Å². The van der Waals surface area contributed by atoms with Crippen molar-refractivity contribution in [1.29, 1.82) is 0 Å². The van der Waals surface area contributed by atoms with Crippen molar-refractivity contribution >= 4 is 17.4 Å². The number of carbonyl (C=O) groups is 1. The number of hydrogen-bond acceptors (Lipinski definition) is 2. The van der Waals surface area contributed by atoms with E-state index in [1.54, 1.807) is 11.6 Å². The molecule has 1 atom stereocenters. The lowest BCUT2D eigenvalue weighted by Gasteiger charge is -2.10. The van der Waals surface area contributed by atoms with Crippen molar-refractivity contribution < 1.29 is 13.6 Å². The first-order valence-electron chi connectivity index (χ1n) is 6.46. The van der Waals surface area contributed by atoms with Crippen LogP contribution >= 0.6 is 11.6 Å². The molecule has 6 heteroatoms. The number of nitrogens with zero attached hydrogens (tertiary/aromatic N) is 2. The van der Waals surface area contributed by atoms with Crippen LogP contribution < -0.4 is 0 Å². The van der Waals surface area contributed by atoms with Gasteiger partial charge in [-0.2, -0.15) is 5.10 Å². The van der Waals surface area contributed by atoms with Crippen LogP contribution in [0.15, 0.2) is 0 Å². The van der Waals surface area contributed by atoms with Crippen LogP contribution in [0.4, 0.5) is 8.78 Å². The van der Waals surface area contributed by atoms with E-state index in [1.165, 1.54) is 0 Å². The lowest BCUT2D eigenvalue weighted by Crippen LogP contribution is -2.19.